The van der Waals surface area contributed by atoms with Gasteiger partial charge in [-0.25, -0.2) is 0 Å². The summed E-state index contributed by atoms with van der Waals surface area (Å²) in [4.78, 5) is 8.89. The molecule has 1 N–H and O–H groups in total. The number of rotatable bonds is 3. The Bertz CT molecular complexity index is 512. The first kappa shape index (κ1) is 11.7. The highest BCUT2D eigenvalue weighted by molar-refractivity contribution is 5.65. The Kier molecular flexibility index (Phi) is 2.95. The molecule has 0 spiro atoms. The number of fused-ring (bicyclic) bond motifs is 1. The molecule has 0 unspecified atom stereocenters. The summed E-state index contributed by atoms with van der Waals surface area (Å²) in [5, 5.41) is 13.8. The van der Waals surface area contributed by atoms with Crippen LogP contribution in [0.2, 0.25) is 0 Å². The van der Waals surface area contributed by atoms with Crippen LogP contribution in [0, 0.1) is 0 Å². The second-order valence-corrected chi connectivity index (χ2v) is 4.34. The van der Waals surface area contributed by atoms with E-state index in [2.05, 4.69) is 10.2 Å². The van der Waals surface area contributed by atoms with Crippen LogP contribution >= 0.6 is 0 Å². The van der Waals surface area contributed by atoms with Gasteiger partial charge in [-0.1, -0.05) is 0 Å². The fourth-order valence-corrected chi connectivity index (χ4v) is 1.97. The van der Waals surface area contributed by atoms with Crippen LogP contribution in [-0.2, 0) is 0 Å². The summed E-state index contributed by atoms with van der Waals surface area (Å²) >= 11 is 0. The summed E-state index contributed by atoms with van der Waals surface area (Å²) in [6.07, 6.45) is 1.54. The molecule has 2 aromatic rings. The molecule has 0 saturated heterocycles. The molecule has 2 rings (SSSR count). The minimum absolute atomic E-state index is 0.0879. The Morgan fingerprint density at radius 2 is 1.94 bits per heavy atom. The average molecular weight is 237 g/mol. The van der Waals surface area contributed by atoms with Gasteiger partial charge >= 0.3 is 5.65 Å². The van der Waals surface area contributed by atoms with Crippen LogP contribution in [0.5, 0.6) is 0 Å². The van der Waals surface area contributed by atoms with Gasteiger partial charge in [0.15, 0.2) is 0 Å². The van der Waals surface area contributed by atoms with Gasteiger partial charge in [0.1, 0.15) is 6.20 Å². The van der Waals surface area contributed by atoms with Gasteiger partial charge < -0.3 is 5.21 Å². The zero-order chi connectivity index (χ0) is 12.6. The third-order valence-electron chi connectivity index (χ3n) is 2.53. The molecular weight excluding hydrogens is 220 g/mol. The maximum absolute atomic E-state index is 9.69. The van der Waals surface area contributed by atoms with E-state index in [9.17, 15) is 5.21 Å². The molecule has 0 aromatic carbocycles. The molecule has 0 atom stereocenters. The van der Waals surface area contributed by atoms with Crippen LogP contribution in [0.1, 0.15) is 6.29 Å². The number of hydrogen-bond donors (Lipinski definition) is 1. The molecule has 0 aliphatic carbocycles. The maximum atomic E-state index is 9.69. The highest BCUT2D eigenvalue weighted by Gasteiger charge is 2.27. The van der Waals surface area contributed by atoms with E-state index in [0.717, 1.165) is 10.4 Å². The van der Waals surface area contributed by atoms with Gasteiger partial charge in [-0.05, 0) is 40.3 Å². The monoisotopic (exact) mass is 237 g/mol. The molecule has 0 amide bonds. The Hall–Kier alpha value is -1.73. The van der Waals surface area contributed by atoms with E-state index in [4.69, 9.17) is 0 Å². The van der Waals surface area contributed by atoms with E-state index in [-0.39, 0.29) is 6.29 Å². The Labute approximate surface area is 99.4 Å². The molecule has 7 heteroatoms. The molecule has 0 radical (unpaired) electrons. The lowest BCUT2D eigenvalue weighted by Crippen LogP contribution is -2.41. The van der Waals surface area contributed by atoms with Gasteiger partial charge in [-0.3, -0.25) is 9.80 Å². The first-order valence-corrected chi connectivity index (χ1v) is 5.30. The molecule has 0 aliphatic rings. The van der Waals surface area contributed by atoms with Gasteiger partial charge in [0.05, 0.1) is 5.21 Å². The topological polar surface area (TPSA) is 61.3 Å². The third kappa shape index (κ3) is 1.94. The number of nitrogens with zero attached hydrogens (tertiary/aromatic N) is 6. The van der Waals surface area contributed by atoms with Gasteiger partial charge in [0.25, 0.3) is 0 Å². The minimum atomic E-state index is -0.0879. The Morgan fingerprint density at radius 1 is 1.29 bits per heavy atom. The molecule has 0 bridgehead atoms. The molecule has 92 valence electrons. The van der Waals surface area contributed by atoms with E-state index < -0.39 is 0 Å². The maximum Gasteiger partial charge on any atom is 0.364 e. The van der Waals surface area contributed by atoms with Crippen molar-refractivity contribution in [2.45, 2.75) is 6.29 Å². The Morgan fingerprint density at radius 3 is 2.53 bits per heavy atom. The van der Waals surface area contributed by atoms with Crippen LogP contribution < -0.4 is 4.85 Å². The summed E-state index contributed by atoms with van der Waals surface area (Å²) in [6.45, 7) is 0. The lowest BCUT2D eigenvalue weighted by molar-refractivity contribution is -0.932. The summed E-state index contributed by atoms with van der Waals surface area (Å²) < 4.78 is 1.72. The zero-order valence-corrected chi connectivity index (χ0v) is 10.4. The number of hydrogen-bond acceptors (Lipinski definition) is 5. The van der Waals surface area contributed by atoms with Crippen molar-refractivity contribution in [3.8, 4) is 0 Å². The molecule has 0 saturated carbocycles. The second kappa shape index (κ2) is 4.27. The highest BCUT2D eigenvalue weighted by atomic mass is 16.5. The van der Waals surface area contributed by atoms with Gasteiger partial charge in [-0.15, -0.1) is 9.67 Å². The lowest BCUT2D eigenvalue weighted by Gasteiger charge is -2.26. The molecule has 0 aliphatic heterocycles. The second-order valence-electron chi connectivity index (χ2n) is 4.34. The normalized spacial score (nSPS) is 12.2. The van der Waals surface area contributed by atoms with Crippen molar-refractivity contribution in [2.75, 3.05) is 28.2 Å². The van der Waals surface area contributed by atoms with E-state index in [1.807, 2.05) is 50.1 Å². The van der Waals surface area contributed by atoms with Crippen molar-refractivity contribution in [1.29, 1.82) is 0 Å². The van der Waals surface area contributed by atoms with Crippen molar-refractivity contribution in [3.63, 3.8) is 0 Å². The largest absolute Gasteiger partial charge is 0.364 e. The minimum Gasteiger partial charge on any atom is -0.352 e. The number of pyridine rings is 1. The van der Waals surface area contributed by atoms with Crippen LogP contribution in [0.3, 0.4) is 0 Å². The smallest absolute Gasteiger partial charge is 0.352 e. The van der Waals surface area contributed by atoms with Crippen LogP contribution in [0.25, 0.3) is 11.2 Å². The lowest BCUT2D eigenvalue weighted by atomic mass is 10.4. The van der Waals surface area contributed by atoms with Crippen LogP contribution in [0.4, 0.5) is 0 Å². The van der Waals surface area contributed by atoms with E-state index in [0.29, 0.717) is 5.65 Å². The highest BCUT2D eigenvalue weighted by Crippen LogP contribution is 2.16. The first-order chi connectivity index (χ1) is 8.02. The summed E-state index contributed by atoms with van der Waals surface area (Å²) in [5.74, 6) is 0. The van der Waals surface area contributed by atoms with E-state index in [1.54, 1.807) is 10.9 Å². The molecule has 2 aromatic heterocycles. The van der Waals surface area contributed by atoms with Gasteiger partial charge in [0, 0.05) is 4.85 Å². The fourth-order valence-electron chi connectivity index (χ4n) is 1.97. The van der Waals surface area contributed by atoms with E-state index in [1.165, 1.54) is 0 Å². The third-order valence-corrected chi connectivity index (χ3v) is 2.53. The molecule has 0 fully saturated rings. The van der Waals surface area contributed by atoms with Gasteiger partial charge in [-0.2, -0.15) is 0 Å². The van der Waals surface area contributed by atoms with Crippen molar-refractivity contribution < 1.29 is 10.1 Å². The Balaban J connectivity index is 2.61. The van der Waals surface area contributed by atoms with Crippen molar-refractivity contribution in [1.82, 2.24) is 24.7 Å². The first-order valence-electron chi connectivity index (χ1n) is 5.30. The fraction of sp³-hybridized carbons (Fsp3) is 0.500. The van der Waals surface area contributed by atoms with Crippen molar-refractivity contribution in [2.24, 2.45) is 0 Å². The standard InChI is InChI=1S/C10H17N6O/c1-13(2)10(14(3)4)15-8-6-5-7-11-9(8)16(17)12-15/h5-7,10H,1-4H3,(H,12,17)/q+1. The molecule has 2 heterocycles. The van der Waals surface area contributed by atoms with Crippen molar-refractivity contribution in [3.05, 3.63) is 18.3 Å². The zero-order valence-electron chi connectivity index (χ0n) is 10.4. The van der Waals surface area contributed by atoms with Crippen molar-refractivity contribution >= 4 is 11.2 Å². The summed E-state index contributed by atoms with van der Waals surface area (Å²) in [7, 11) is 7.82. The van der Waals surface area contributed by atoms with Gasteiger partial charge in [0.2, 0.25) is 11.8 Å². The average Bonchev–Trinajstić information content (AvgIpc) is 2.56. The van der Waals surface area contributed by atoms with Crippen LogP contribution in [0.15, 0.2) is 18.3 Å². The molecular formula is C10H17N6O+. The predicted octanol–water partition coefficient (Wildman–Crippen LogP) is -0.465. The van der Waals surface area contributed by atoms with E-state index >= 15 is 0 Å². The summed E-state index contributed by atoms with van der Waals surface area (Å²) in [5.41, 5.74) is 1.23. The predicted molar refractivity (Wildman–Crippen MR) is 61.3 cm³/mol. The molecule has 7 nitrogen and oxygen atoms in total. The van der Waals surface area contributed by atoms with Crippen LogP contribution in [-0.4, -0.2) is 58.1 Å². The quantitative estimate of drug-likeness (QED) is 0.444. The number of aromatic nitrogens is 4. The molecule has 17 heavy (non-hydrogen) atoms. The summed E-state index contributed by atoms with van der Waals surface area (Å²) in [6, 6.07) is 3.70. The SMILES string of the molecule is CN(C)C(N(C)C)n1n[n+](O)c2ncccc21.